The molecule has 0 N–H and O–H groups in total. The zero-order chi connectivity index (χ0) is 6.41. The molecule has 0 fully saturated rings. The van der Waals surface area contributed by atoms with Crippen molar-refractivity contribution >= 4 is 40.5 Å². The third-order valence-electron chi connectivity index (χ3n) is 0.479. The van der Waals surface area contributed by atoms with Crippen LogP contribution in [0.25, 0.3) is 0 Å². The Morgan fingerprint density at radius 2 is 2.11 bits per heavy atom. The van der Waals surface area contributed by atoms with Gasteiger partial charge in [0.05, 0.1) is 0 Å². The molecule has 0 aliphatic heterocycles. The van der Waals surface area contributed by atoms with E-state index in [0.717, 1.165) is 12.7 Å². The van der Waals surface area contributed by atoms with Crippen LogP contribution in [0.15, 0.2) is 12.3 Å². The van der Waals surface area contributed by atoms with E-state index in [2.05, 4.69) is 4.18 Å². The molecule has 9 heavy (non-hydrogen) atoms. The topological polar surface area (TPSA) is 43.4 Å². The van der Waals surface area contributed by atoms with Crippen LogP contribution in [0.1, 0.15) is 13.3 Å². The quantitative estimate of drug-likeness (QED) is 0.353. The van der Waals surface area contributed by atoms with Crippen molar-refractivity contribution in [2.45, 2.75) is 13.3 Å². The molecule has 0 aromatic rings. The minimum atomic E-state index is -2.70. The van der Waals surface area contributed by atoms with E-state index in [1.165, 1.54) is 0 Å². The summed E-state index contributed by atoms with van der Waals surface area (Å²) in [6.07, 6.45) is 3.56. The molecule has 0 aliphatic carbocycles. The molecule has 0 saturated carbocycles. The SMILES string of the molecule is CCC=CO[SH](=O)=O.[NaH]. The van der Waals surface area contributed by atoms with E-state index >= 15 is 0 Å². The summed E-state index contributed by atoms with van der Waals surface area (Å²) in [4.78, 5) is 0. The molecule has 0 rings (SSSR count). The summed E-state index contributed by atoms with van der Waals surface area (Å²) in [5, 5.41) is 0. The van der Waals surface area contributed by atoms with E-state index in [9.17, 15) is 8.42 Å². The fraction of sp³-hybridized carbons (Fsp3) is 0.500. The van der Waals surface area contributed by atoms with Crippen molar-refractivity contribution in [1.82, 2.24) is 0 Å². The summed E-state index contributed by atoms with van der Waals surface area (Å²) in [7, 11) is -2.70. The normalized spacial score (nSPS) is 9.56. The first-order valence-corrected chi connectivity index (χ1v) is 3.33. The van der Waals surface area contributed by atoms with Crippen LogP contribution in [-0.2, 0) is 15.2 Å². The second-order valence-electron chi connectivity index (χ2n) is 1.11. The summed E-state index contributed by atoms with van der Waals surface area (Å²) in [5.74, 6) is 0. The van der Waals surface area contributed by atoms with Gasteiger partial charge in [-0.05, 0) is 12.5 Å². The van der Waals surface area contributed by atoms with Crippen LogP contribution in [-0.4, -0.2) is 38.0 Å². The Kier molecular flexibility index (Phi) is 11.5. The molecule has 0 aromatic heterocycles. The van der Waals surface area contributed by atoms with Crippen molar-refractivity contribution in [3.8, 4) is 0 Å². The molecule has 0 unspecified atom stereocenters. The van der Waals surface area contributed by atoms with Crippen molar-refractivity contribution in [2.75, 3.05) is 0 Å². The van der Waals surface area contributed by atoms with Crippen LogP contribution in [0.5, 0.6) is 0 Å². The van der Waals surface area contributed by atoms with Gasteiger partial charge in [0.2, 0.25) is 0 Å². The molecule has 0 aliphatic rings. The van der Waals surface area contributed by atoms with Gasteiger partial charge >= 0.3 is 29.6 Å². The van der Waals surface area contributed by atoms with Crippen molar-refractivity contribution in [3.63, 3.8) is 0 Å². The molecule has 0 heterocycles. The molecule has 0 amide bonds. The van der Waals surface area contributed by atoms with E-state index in [1.807, 2.05) is 6.92 Å². The molecular weight excluding hydrogens is 151 g/mol. The summed E-state index contributed by atoms with van der Waals surface area (Å²) < 4.78 is 23.3. The van der Waals surface area contributed by atoms with Crippen molar-refractivity contribution in [2.24, 2.45) is 0 Å². The van der Waals surface area contributed by atoms with Gasteiger partial charge in [-0.2, -0.15) is 8.42 Å². The number of hydrogen-bond donors (Lipinski definition) is 1. The van der Waals surface area contributed by atoms with Gasteiger partial charge < -0.3 is 4.18 Å². The van der Waals surface area contributed by atoms with Gasteiger partial charge in [-0.15, -0.1) is 0 Å². The first kappa shape index (κ1) is 12.2. The van der Waals surface area contributed by atoms with Crippen LogP contribution < -0.4 is 0 Å². The van der Waals surface area contributed by atoms with E-state index in [1.54, 1.807) is 6.08 Å². The fourth-order valence-corrected chi connectivity index (χ4v) is 0.374. The van der Waals surface area contributed by atoms with Crippen LogP contribution in [0, 0.1) is 0 Å². The average Bonchev–Trinajstić information content (AvgIpc) is 1.66. The van der Waals surface area contributed by atoms with Crippen LogP contribution in [0.3, 0.4) is 0 Å². The monoisotopic (exact) mass is 160 g/mol. The molecule has 0 spiro atoms. The third kappa shape index (κ3) is 11.9. The zero-order valence-electron chi connectivity index (χ0n) is 4.53. The Morgan fingerprint density at radius 3 is 2.44 bits per heavy atom. The van der Waals surface area contributed by atoms with E-state index in [0.29, 0.717) is 0 Å². The Bertz CT molecular complexity index is 133. The molecular formula is C4H9NaO3S. The molecule has 3 nitrogen and oxygen atoms in total. The van der Waals surface area contributed by atoms with Crippen LogP contribution >= 0.6 is 0 Å². The second-order valence-corrected chi connectivity index (χ2v) is 1.77. The van der Waals surface area contributed by atoms with Crippen molar-refractivity contribution < 1.29 is 12.6 Å². The van der Waals surface area contributed by atoms with E-state index in [4.69, 9.17) is 0 Å². The Hall–Kier alpha value is 0.490. The first-order valence-electron chi connectivity index (χ1n) is 2.23. The van der Waals surface area contributed by atoms with Crippen LogP contribution in [0.4, 0.5) is 0 Å². The first-order chi connectivity index (χ1) is 3.77. The van der Waals surface area contributed by atoms with Gasteiger partial charge in [0.1, 0.15) is 6.26 Å². The zero-order valence-corrected chi connectivity index (χ0v) is 5.43. The maximum atomic E-state index is 9.64. The Labute approximate surface area is 78.5 Å². The van der Waals surface area contributed by atoms with Gasteiger partial charge in [-0.1, -0.05) is 6.92 Å². The Morgan fingerprint density at radius 1 is 1.56 bits per heavy atom. The standard InChI is InChI=1S/C4H8O3S.Na.H/c1-2-3-4-7-8(5)6;;/h3-4,8H,2H2,1H3;;. The number of thiol groups is 1. The molecule has 0 radical (unpaired) electrons. The molecule has 5 heteroatoms. The van der Waals surface area contributed by atoms with Gasteiger partial charge in [0.15, 0.2) is 0 Å². The predicted molar refractivity (Wildman–Crippen MR) is 38.0 cm³/mol. The fourth-order valence-electron chi connectivity index (χ4n) is 0.189. The molecule has 0 aromatic carbocycles. The molecule has 0 saturated heterocycles. The summed E-state index contributed by atoms with van der Waals surface area (Å²) in [5.41, 5.74) is 0. The Balaban J connectivity index is 0. The van der Waals surface area contributed by atoms with E-state index in [-0.39, 0.29) is 29.6 Å². The number of allylic oxidation sites excluding steroid dienone is 1. The van der Waals surface area contributed by atoms with Gasteiger partial charge in [-0.25, -0.2) is 0 Å². The minimum absolute atomic E-state index is 0. The summed E-state index contributed by atoms with van der Waals surface area (Å²) in [6.45, 7) is 1.89. The summed E-state index contributed by atoms with van der Waals surface area (Å²) >= 11 is 0. The molecule has 0 atom stereocenters. The summed E-state index contributed by atoms with van der Waals surface area (Å²) in [6, 6.07) is 0. The van der Waals surface area contributed by atoms with E-state index < -0.39 is 11.0 Å². The third-order valence-corrected chi connectivity index (χ3v) is 0.773. The van der Waals surface area contributed by atoms with Crippen molar-refractivity contribution in [3.05, 3.63) is 12.3 Å². The second kappa shape index (κ2) is 8.49. The predicted octanol–water partition coefficient (Wildman–Crippen LogP) is -0.195. The van der Waals surface area contributed by atoms with Gasteiger partial charge in [-0.3, -0.25) is 0 Å². The van der Waals surface area contributed by atoms with Crippen LogP contribution in [0.2, 0.25) is 0 Å². The van der Waals surface area contributed by atoms with Gasteiger partial charge in [0.25, 0.3) is 11.0 Å². The van der Waals surface area contributed by atoms with Gasteiger partial charge in [0, 0.05) is 0 Å². The number of hydrogen-bond acceptors (Lipinski definition) is 3. The number of rotatable bonds is 3. The average molecular weight is 160 g/mol. The molecule has 50 valence electrons. The molecule has 0 bridgehead atoms. The van der Waals surface area contributed by atoms with Crippen molar-refractivity contribution in [1.29, 1.82) is 0 Å². The maximum absolute atomic E-state index is 9.64.